The van der Waals surface area contributed by atoms with E-state index in [0.29, 0.717) is 36.1 Å². The second-order valence-electron chi connectivity index (χ2n) is 6.73. The van der Waals surface area contributed by atoms with E-state index in [2.05, 4.69) is 11.1 Å². The van der Waals surface area contributed by atoms with Crippen molar-refractivity contribution in [1.82, 2.24) is 14.5 Å². The lowest BCUT2D eigenvalue weighted by Crippen LogP contribution is -2.25. The topological polar surface area (TPSA) is 38.1 Å². The number of likely N-dealkylation sites (tertiary alicyclic amines) is 1. The second kappa shape index (κ2) is 7.37. The Morgan fingerprint density at radius 3 is 2.63 bits per heavy atom. The van der Waals surface area contributed by atoms with E-state index >= 15 is 0 Å². The van der Waals surface area contributed by atoms with Crippen LogP contribution in [0.2, 0.25) is 10.0 Å². The van der Waals surface area contributed by atoms with E-state index in [0.717, 1.165) is 22.4 Å². The molecule has 2 heterocycles. The van der Waals surface area contributed by atoms with Crippen LogP contribution in [0, 0.1) is 0 Å². The van der Waals surface area contributed by atoms with Gasteiger partial charge in [0.05, 0.1) is 17.6 Å². The van der Waals surface area contributed by atoms with Crippen LogP contribution in [-0.2, 0) is 11.3 Å². The van der Waals surface area contributed by atoms with Crippen molar-refractivity contribution < 1.29 is 4.79 Å². The van der Waals surface area contributed by atoms with Crippen LogP contribution in [0.3, 0.4) is 0 Å². The van der Waals surface area contributed by atoms with E-state index in [4.69, 9.17) is 28.2 Å². The Kier molecular flexibility index (Phi) is 4.94. The number of halogens is 2. The van der Waals surface area contributed by atoms with Gasteiger partial charge in [0.25, 0.3) is 0 Å². The molecule has 1 aromatic heterocycles. The molecule has 0 spiro atoms. The number of carbonyl (C=O) groups excluding carboxylic acids is 1. The van der Waals surface area contributed by atoms with E-state index in [-0.39, 0.29) is 11.8 Å². The average molecular weight is 400 g/mol. The molecule has 138 valence electrons. The molecule has 4 nitrogen and oxygen atoms in total. The first kappa shape index (κ1) is 18.1. The molecular formula is C21H19Cl2N3O. The molecule has 1 amide bonds. The van der Waals surface area contributed by atoms with Crippen molar-refractivity contribution in [1.29, 1.82) is 0 Å². The zero-order chi connectivity index (χ0) is 19.0. The summed E-state index contributed by atoms with van der Waals surface area (Å²) in [6, 6.07) is 13.5. The van der Waals surface area contributed by atoms with Gasteiger partial charge in [0.1, 0.15) is 5.82 Å². The van der Waals surface area contributed by atoms with Gasteiger partial charge in [-0.3, -0.25) is 4.79 Å². The highest BCUT2D eigenvalue weighted by atomic mass is 35.5. The molecule has 1 fully saturated rings. The molecule has 1 aliphatic heterocycles. The van der Waals surface area contributed by atoms with Gasteiger partial charge in [0.2, 0.25) is 5.91 Å². The molecule has 6 heteroatoms. The largest absolute Gasteiger partial charge is 0.338 e. The molecule has 1 saturated heterocycles. The number of rotatable bonds is 5. The zero-order valence-electron chi connectivity index (χ0n) is 14.7. The number of fused-ring (bicyclic) bond motifs is 1. The lowest BCUT2D eigenvalue weighted by Gasteiger charge is -2.16. The summed E-state index contributed by atoms with van der Waals surface area (Å²) in [4.78, 5) is 19.0. The first-order chi connectivity index (χ1) is 13.1. The molecule has 1 atom stereocenters. The van der Waals surface area contributed by atoms with Crippen LogP contribution in [0.1, 0.15) is 23.7 Å². The van der Waals surface area contributed by atoms with Gasteiger partial charge in [0, 0.05) is 41.0 Å². The minimum absolute atomic E-state index is 0.0334. The predicted molar refractivity (Wildman–Crippen MR) is 109 cm³/mol. The van der Waals surface area contributed by atoms with Crippen LogP contribution in [0.4, 0.5) is 0 Å². The van der Waals surface area contributed by atoms with Crippen molar-refractivity contribution in [2.45, 2.75) is 18.9 Å². The lowest BCUT2D eigenvalue weighted by atomic mass is 10.1. The molecule has 1 unspecified atom stereocenters. The summed E-state index contributed by atoms with van der Waals surface area (Å²) in [5, 5.41) is 1.25. The Balaban J connectivity index is 1.79. The van der Waals surface area contributed by atoms with Crippen LogP contribution in [0.15, 0.2) is 55.1 Å². The molecule has 2 aromatic carbocycles. The number of amides is 1. The molecule has 0 aliphatic carbocycles. The van der Waals surface area contributed by atoms with Gasteiger partial charge >= 0.3 is 0 Å². The maximum Gasteiger partial charge on any atom is 0.223 e. The van der Waals surface area contributed by atoms with Crippen molar-refractivity contribution in [3.63, 3.8) is 0 Å². The molecule has 0 N–H and O–H groups in total. The summed E-state index contributed by atoms with van der Waals surface area (Å²) in [5.41, 5.74) is 2.78. The first-order valence-corrected chi connectivity index (χ1v) is 9.60. The van der Waals surface area contributed by atoms with Crippen molar-refractivity contribution in [2.75, 3.05) is 13.1 Å². The van der Waals surface area contributed by atoms with Crippen LogP contribution >= 0.6 is 23.2 Å². The minimum atomic E-state index is 0.0334. The fourth-order valence-corrected chi connectivity index (χ4v) is 4.21. The Bertz CT molecular complexity index is 1010. The number of para-hydroxylation sites is 2. The second-order valence-corrected chi connectivity index (χ2v) is 7.55. The summed E-state index contributed by atoms with van der Waals surface area (Å²) >= 11 is 12.8. The third-order valence-corrected chi connectivity index (χ3v) is 5.70. The van der Waals surface area contributed by atoms with Crippen LogP contribution in [0.25, 0.3) is 11.0 Å². The standard InChI is InChI=1S/C21H19Cl2N3O/c1-2-10-25-12-14(11-20(25)27)21-24-18-8-3-4-9-19(18)26(21)13-15-16(22)6-5-7-17(15)23/h2-9,14H,1,10-13H2. The van der Waals surface area contributed by atoms with E-state index in [9.17, 15) is 4.79 Å². The number of hydrogen-bond acceptors (Lipinski definition) is 2. The van der Waals surface area contributed by atoms with Crippen LogP contribution in [-0.4, -0.2) is 33.4 Å². The summed E-state index contributed by atoms with van der Waals surface area (Å²) in [6.45, 7) is 5.46. The number of carbonyl (C=O) groups is 1. The molecule has 0 saturated carbocycles. The third-order valence-electron chi connectivity index (χ3n) is 4.99. The lowest BCUT2D eigenvalue weighted by molar-refractivity contribution is -0.127. The zero-order valence-corrected chi connectivity index (χ0v) is 16.2. The Morgan fingerprint density at radius 1 is 1.15 bits per heavy atom. The van der Waals surface area contributed by atoms with Crippen LogP contribution in [0.5, 0.6) is 0 Å². The highest BCUT2D eigenvalue weighted by Crippen LogP contribution is 2.33. The summed E-state index contributed by atoms with van der Waals surface area (Å²) in [6.07, 6.45) is 2.21. The molecule has 4 rings (SSSR count). The Labute approximate surface area is 168 Å². The van der Waals surface area contributed by atoms with Crippen LogP contribution < -0.4 is 0 Å². The van der Waals surface area contributed by atoms with Gasteiger partial charge in [-0.05, 0) is 24.3 Å². The van der Waals surface area contributed by atoms with E-state index in [1.54, 1.807) is 6.08 Å². The van der Waals surface area contributed by atoms with Gasteiger partial charge in [0.15, 0.2) is 0 Å². The highest BCUT2D eigenvalue weighted by molar-refractivity contribution is 6.36. The summed E-state index contributed by atoms with van der Waals surface area (Å²) < 4.78 is 2.14. The fourth-order valence-electron chi connectivity index (χ4n) is 3.69. The monoisotopic (exact) mass is 399 g/mol. The molecule has 27 heavy (non-hydrogen) atoms. The first-order valence-electron chi connectivity index (χ1n) is 8.85. The molecule has 0 radical (unpaired) electrons. The van der Waals surface area contributed by atoms with Crippen molar-refractivity contribution in [3.05, 3.63) is 76.6 Å². The SMILES string of the molecule is C=CCN1CC(c2nc3ccccc3n2Cc2c(Cl)cccc2Cl)CC1=O. The van der Waals surface area contributed by atoms with Crippen molar-refractivity contribution in [2.24, 2.45) is 0 Å². The number of benzene rings is 2. The van der Waals surface area contributed by atoms with Gasteiger partial charge in [-0.15, -0.1) is 6.58 Å². The van der Waals surface area contributed by atoms with E-state index in [1.807, 2.05) is 47.4 Å². The number of nitrogens with zero attached hydrogens (tertiary/aromatic N) is 3. The molecular weight excluding hydrogens is 381 g/mol. The number of hydrogen-bond donors (Lipinski definition) is 0. The van der Waals surface area contributed by atoms with E-state index < -0.39 is 0 Å². The van der Waals surface area contributed by atoms with Gasteiger partial charge in [-0.1, -0.05) is 47.5 Å². The quantitative estimate of drug-likeness (QED) is 0.572. The van der Waals surface area contributed by atoms with Gasteiger partial charge in [-0.25, -0.2) is 4.98 Å². The third kappa shape index (κ3) is 3.35. The molecule has 3 aromatic rings. The maximum atomic E-state index is 12.3. The number of imidazole rings is 1. The highest BCUT2D eigenvalue weighted by Gasteiger charge is 2.33. The fraction of sp³-hybridized carbons (Fsp3) is 0.238. The minimum Gasteiger partial charge on any atom is -0.338 e. The van der Waals surface area contributed by atoms with Crippen molar-refractivity contribution in [3.8, 4) is 0 Å². The molecule has 0 bridgehead atoms. The Morgan fingerprint density at radius 2 is 1.89 bits per heavy atom. The average Bonchev–Trinajstić information content (AvgIpc) is 3.19. The van der Waals surface area contributed by atoms with Gasteiger partial charge in [-0.2, -0.15) is 0 Å². The number of aromatic nitrogens is 2. The normalized spacial score (nSPS) is 17.0. The smallest absolute Gasteiger partial charge is 0.223 e. The Hall–Kier alpha value is -2.30. The predicted octanol–water partition coefficient (Wildman–Crippen LogP) is 4.89. The summed E-state index contributed by atoms with van der Waals surface area (Å²) in [5.74, 6) is 1.06. The van der Waals surface area contributed by atoms with E-state index in [1.165, 1.54) is 0 Å². The molecule has 1 aliphatic rings. The van der Waals surface area contributed by atoms with Gasteiger partial charge < -0.3 is 9.47 Å². The maximum absolute atomic E-state index is 12.3. The van der Waals surface area contributed by atoms with Crippen molar-refractivity contribution >= 4 is 40.1 Å². The summed E-state index contributed by atoms with van der Waals surface area (Å²) in [7, 11) is 0.